The van der Waals surface area contributed by atoms with E-state index in [1.54, 1.807) is 42.7 Å². The van der Waals surface area contributed by atoms with Crippen LogP contribution in [0.1, 0.15) is 70.4 Å². The molecule has 0 amide bonds. The summed E-state index contributed by atoms with van der Waals surface area (Å²) in [5, 5.41) is 3.75. The van der Waals surface area contributed by atoms with Crippen molar-refractivity contribution in [3.05, 3.63) is 117 Å². The summed E-state index contributed by atoms with van der Waals surface area (Å²) in [4.78, 5) is 36.1. The highest BCUT2D eigenvalue weighted by Crippen LogP contribution is 2.38. The molecule has 3 saturated heterocycles. The van der Waals surface area contributed by atoms with Crippen molar-refractivity contribution < 1.29 is 52.2 Å². The molecule has 16 heteroatoms. The quantitative estimate of drug-likeness (QED) is 0.0914. The monoisotopic (exact) mass is 816 g/mol. The van der Waals surface area contributed by atoms with Crippen LogP contribution in [0.15, 0.2) is 73.2 Å². The molecule has 2 aromatic carbocycles. The van der Waals surface area contributed by atoms with Crippen LogP contribution in [0.4, 0.5) is 13.2 Å². The number of aromatic amines is 1. The van der Waals surface area contributed by atoms with Crippen LogP contribution in [0.3, 0.4) is 0 Å². The molecule has 3 atom stereocenters. The Balaban J connectivity index is 0.00000532. The molecule has 11 nitrogen and oxygen atoms in total. The number of hydrogen-bond donors (Lipinski definition) is 1. The van der Waals surface area contributed by atoms with Gasteiger partial charge in [-0.15, -0.1) is 0 Å². The minimum atomic E-state index is -3.06. The number of carbonyl (C=O) groups is 2. The van der Waals surface area contributed by atoms with Crippen molar-refractivity contribution in [2.75, 3.05) is 26.2 Å². The molecule has 2 aromatic heterocycles. The summed E-state index contributed by atoms with van der Waals surface area (Å²) in [6.45, 7) is 0.0437. The maximum absolute atomic E-state index is 14.9. The molecule has 298 valence electrons. The van der Waals surface area contributed by atoms with Gasteiger partial charge in [0.15, 0.2) is 23.9 Å². The van der Waals surface area contributed by atoms with Gasteiger partial charge in [0.1, 0.15) is 28.3 Å². The number of benzene rings is 2. The van der Waals surface area contributed by atoms with Crippen molar-refractivity contribution in [2.24, 2.45) is 11.8 Å². The van der Waals surface area contributed by atoms with E-state index in [-0.39, 0.29) is 53.1 Å². The molecule has 8 rings (SSSR count). The SMILES string of the molecule is O=C(O[C@@H](Cc1c(Cl)c[nH+]cc1Cl)c1ccc(OC(F)F)c(OCC2CC2)c1)c1ccc(CNC(C(=O)O[C@H]2CN3CCC2CC3)c2cccnc2F)cc1.[OH-]. The van der Waals surface area contributed by atoms with Crippen molar-refractivity contribution >= 4 is 35.1 Å². The van der Waals surface area contributed by atoms with E-state index in [0.717, 1.165) is 38.8 Å². The standard InChI is InChI=1S/C40H39Cl2F3N4O6.H2O/c41-30-19-46-20-31(42)29(30)17-33(27-9-10-32(55-40(44)45)34(16-27)52-22-24-3-4-24)53-38(50)26-7-5-23(6-8-26)18-48-36(28-2-1-13-47-37(28)43)39(51)54-35-21-49-14-11-25(35)12-15-49;/h1-2,5-10,13,16,19-20,24-25,33,35-36,40,48H,3-4,11-12,14-15,17-18,21-22H2;1H2/t33-,35-,36?;/m0./s1. The van der Waals surface area contributed by atoms with Gasteiger partial charge < -0.3 is 24.4 Å². The van der Waals surface area contributed by atoms with Gasteiger partial charge in [0.2, 0.25) is 5.95 Å². The number of pyridine rings is 2. The van der Waals surface area contributed by atoms with Gasteiger partial charge in [-0.1, -0.05) is 47.5 Å². The number of piperidine rings is 3. The minimum Gasteiger partial charge on any atom is -0.870 e. The number of aromatic nitrogens is 2. The number of alkyl halides is 2. The first-order valence-electron chi connectivity index (χ1n) is 18.2. The van der Waals surface area contributed by atoms with E-state index in [1.165, 1.54) is 30.5 Å². The number of H-pyrrole nitrogens is 1. The number of rotatable bonds is 16. The highest BCUT2D eigenvalue weighted by molar-refractivity contribution is 6.35. The molecule has 1 saturated carbocycles. The molecular weight excluding hydrogens is 776 g/mol. The lowest BCUT2D eigenvalue weighted by Crippen LogP contribution is -2.52. The average molecular weight is 818 g/mol. The summed E-state index contributed by atoms with van der Waals surface area (Å²) in [6, 6.07) is 12.9. The molecule has 5 heterocycles. The third-order valence-corrected chi connectivity index (χ3v) is 10.9. The van der Waals surface area contributed by atoms with E-state index < -0.39 is 36.6 Å². The Morgan fingerprint density at radius 2 is 1.71 bits per heavy atom. The first kappa shape index (κ1) is 41.2. The molecule has 4 fully saturated rings. The van der Waals surface area contributed by atoms with Gasteiger partial charge in [0.05, 0.1) is 12.2 Å². The van der Waals surface area contributed by atoms with Crippen LogP contribution in [0, 0.1) is 17.8 Å². The van der Waals surface area contributed by atoms with Gasteiger partial charge in [-0.2, -0.15) is 13.2 Å². The number of fused-ring (bicyclic) bond motifs is 3. The Kier molecular flexibility index (Phi) is 13.7. The summed E-state index contributed by atoms with van der Waals surface area (Å²) in [5.74, 6) is -1.46. The maximum Gasteiger partial charge on any atom is 0.387 e. The lowest BCUT2D eigenvalue weighted by atomic mass is 9.86. The molecular formula is C40H41Cl2F3N4O7. The third-order valence-electron chi connectivity index (χ3n) is 10.3. The van der Waals surface area contributed by atoms with Gasteiger partial charge in [0.25, 0.3) is 0 Å². The van der Waals surface area contributed by atoms with Crippen molar-refractivity contribution in [1.29, 1.82) is 0 Å². The minimum absolute atomic E-state index is 0. The van der Waals surface area contributed by atoms with Crippen LogP contribution >= 0.6 is 23.2 Å². The molecule has 4 aromatic rings. The first-order chi connectivity index (χ1) is 26.6. The molecule has 4 aliphatic rings. The first-order valence-corrected chi connectivity index (χ1v) is 19.0. The topological polar surface area (TPSA) is 143 Å². The van der Waals surface area contributed by atoms with Gasteiger partial charge >= 0.3 is 18.6 Å². The summed E-state index contributed by atoms with van der Waals surface area (Å²) < 4.78 is 64.0. The molecule has 0 radical (unpaired) electrons. The van der Waals surface area contributed by atoms with Crippen LogP contribution in [0.2, 0.25) is 10.0 Å². The second kappa shape index (κ2) is 18.6. The van der Waals surface area contributed by atoms with E-state index in [1.807, 2.05) is 0 Å². The van der Waals surface area contributed by atoms with Gasteiger partial charge in [0, 0.05) is 36.8 Å². The molecule has 2 bridgehead atoms. The number of ether oxygens (including phenoxy) is 4. The van der Waals surface area contributed by atoms with Crippen LogP contribution in [-0.2, 0) is 27.2 Å². The molecule has 1 aliphatic carbocycles. The normalized spacial score (nSPS) is 19.8. The lowest BCUT2D eigenvalue weighted by molar-refractivity contribution is -0.377. The van der Waals surface area contributed by atoms with E-state index in [9.17, 15) is 22.8 Å². The highest BCUT2D eigenvalue weighted by atomic mass is 35.5. The molecule has 0 spiro atoms. The Hall–Kier alpha value is -4.47. The van der Waals surface area contributed by atoms with Crippen LogP contribution in [0.25, 0.3) is 0 Å². The average Bonchev–Trinajstić information content (AvgIpc) is 4.01. The second-order valence-corrected chi connectivity index (χ2v) is 14.9. The summed E-state index contributed by atoms with van der Waals surface area (Å²) in [7, 11) is 0. The Morgan fingerprint density at radius 3 is 2.36 bits per heavy atom. The zero-order valence-corrected chi connectivity index (χ0v) is 31.7. The van der Waals surface area contributed by atoms with Crippen molar-refractivity contribution in [2.45, 2.75) is 63.5 Å². The van der Waals surface area contributed by atoms with Crippen molar-refractivity contribution in [1.82, 2.24) is 15.2 Å². The summed E-state index contributed by atoms with van der Waals surface area (Å²) in [6.07, 6.45) is 7.12. The molecule has 3 aliphatic heterocycles. The van der Waals surface area contributed by atoms with Gasteiger partial charge in [-0.3, -0.25) is 10.2 Å². The number of nitrogens with one attached hydrogen (secondary N) is 2. The fraction of sp³-hybridized carbons (Fsp3) is 0.400. The smallest absolute Gasteiger partial charge is 0.387 e. The predicted molar refractivity (Wildman–Crippen MR) is 197 cm³/mol. The Morgan fingerprint density at radius 1 is 0.982 bits per heavy atom. The summed E-state index contributed by atoms with van der Waals surface area (Å²) >= 11 is 12.9. The fourth-order valence-corrected chi connectivity index (χ4v) is 7.51. The maximum atomic E-state index is 14.9. The van der Waals surface area contributed by atoms with Crippen molar-refractivity contribution in [3.63, 3.8) is 0 Å². The van der Waals surface area contributed by atoms with Crippen LogP contribution in [0.5, 0.6) is 11.5 Å². The Labute approximate surface area is 331 Å². The zero-order chi connectivity index (χ0) is 38.5. The molecule has 1 unspecified atom stereocenters. The number of carbonyl (C=O) groups excluding carboxylic acids is 2. The van der Waals surface area contributed by atoms with Crippen molar-refractivity contribution in [3.8, 4) is 11.5 Å². The summed E-state index contributed by atoms with van der Waals surface area (Å²) in [5.41, 5.74) is 1.93. The van der Waals surface area contributed by atoms with Crippen LogP contribution < -0.4 is 19.8 Å². The van der Waals surface area contributed by atoms with Gasteiger partial charge in [-0.25, -0.2) is 19.6 Å². The molecule has 3 N–H and O–H groups in total. The number of esters is 2. The number of nitrogens with zero attached hydrogens (tertiary/aromatic N) is 2. The molecule has 56 heavy (non-hydrogen) atoms. The van der Waals surface area contributed by atoms with E-state index in [4.69, 9.17) is 42.1 Å². The fourth-order valence-electron chi connectivity index (χ4n) is 6.98. The highest BCUT2D eigenvalue weighted by Gasteiger charge is 2.38. The van der Waals surface area contributed by atoms with E-state index in [0.29, 0.717) is 45.8 Å². The number of halogens is 5. The lowest BCUT2D eigenvalue weighted by Gasteiger charge is -2.44. The van der Waals surface area contributed by atoms with Crippen LogP contribution in [-0.4, -0.2) is 66.3 Å². The predicted octanol–water partition coefficient (Wildman–Crippen LogP) is 7.16. The second-order valence-electron chi connectivity index (χ2n) is 14.1. The Bertz CT molecular complexity index is 1960. The largest absolute Gasteiger partial charge is 0.870 e. The van der Waals surface area contributed by atoms with E-state index in [2.05, 4.69) is 20.2 Å². The third kappa shape index (κ3) is 10.3. The van der Waals surface area contributed by atoms with Gasteiger partial charge in [-0.05, 0) is 92.1 Å². The zero-order valence-electron chi connectivity index (χ0n) is 30.1. The number of hydrogen-bond acceptors (Lipinski definition) is 10. The van der Waals surface area contributed by atoms with E-state index >= 15 is 0 Å².